The number of alkyl halides is 9. The van der Waals surface area contributed by atoms with Gasteiger partial charge in [-0.3, -0.25) is 19.7 Å². The highest BCUT2D eigenvalue weighted by atomic mass is 19.4. The number of carbonyl (C=O) groups excluding carboxylic acids is 1. The third-order valence-corrected chi connectivity index (χ3v) is 6.47. The van der Waals surface area contributed by atoms with Gasteiger partial charge in [0, 0.05) is 56.4 Å². The molecular weight excluding hydrogens is 663 g/mol. The Kier molecular flexibility index (Phi) is 15.0. The molecule has 2 saturated heterocycles. The highest BCUT2D eigenvalue weighted by Gasteiger charge is 2.42. The maximum atomic E-state index is 12.8. The number of nitrogens with zero attached hydrogens (tertiary/aromatic N) is 4. The Bertz CT molecular complexity index is 1250. The van der Waals surface area contributed by atoms with Gasteiger partial charge in [-0.15, -0.1) is 0 Å². The standard InChI is InChI=1S/C21H26N4O.3C2HF3O2/c26-20(12-18-4-1-8-22-13-18)25-10-3-6-21(17-25)7-11-24(16-21)15-19-5-2-9-23-14-19;3*3-2(4,5)1(6)7/h1-2,4-5,8-9,13-14H,3,6-7,10-12,15-17H2;3*(H,6,7). The van der Waals surface area contributed by atoms with Crippen LogP contribution in [0.2, 0.25) is 0 Å². The first-order valence-corrected chi connectivity index (χ1v) is 13.2. The first kappa shape index (κ1) is 40.5. The Labute approximate surface area is 260 Å². The molecule has 4 heterocycles. The van der Waals surface area contributed by atoms with E-state index in [4.69, 9.17) is 29.7 Å². The zero-order valence-corrected chi connectivity index (χ0v) is 24.1. The third-order valence-electron chi connectivity index (χ3n) is 6.47. The molecule has 0 bridgehead atoms. The summed E-state index contributed by atoms with van der Waals surface area (Å²) < 4.78 is 95.2. The van der Waals surface area contributed by atoms with Gasteiger partial charge in [-0.1, -0.05) is 12.1 Å². The number of piperidine rings is 1. The van der Waals surface area contributed by atoms with E-state index < -0.39 is 36.4 Å². The number of pyridine rings is 2. The normalized spacial score (nSPS) is 18.0. The van der Waals surface area contributed by atoms with Crippen molar-refractivity contribution in [1.82, 2.24) is 19.8 Å². The number of carbonyl (C=O) groups is 4. The number of carboxylic acid groups (broad SMARTS) is 3. The predicted octanol–water partition coefficient (Wildman–Crippen LogP) is 4.43. The van der Waals surface area contributed by atoms with Gasteiger partial charge >= 0.3 is 36.4 Å². The quantitative estimate of drug-likeness (QED) is 0.391. The zero-order valence-electron chi connectivity index (χ0n) is 24.1. The average Bonchev–Trinajstić information content (AvgIpc) is 3.34. The molecule has 2 aromatic rings. The largest absolute Gasteiger partial charge is 0.490 e. The molecule has 0 radical (unpaired) electrons. The summed E-state index contributed by atoms with van der Waals surface area (Å²) >= 11 is 0. The van der Waals surface area contributed by atoms with Crippen LogP contribution in [0, 0.1) is 5.41 Å². The molecule has 1 unspecified atom stereocenters. The molecule has 3 N–H and O–H groups in total. The van der Waals surface area contributed by atoms with Gasteiger partial charge < -0.3 is 20.2 Å². The fourth-order valence-corrected chi connectivity index (χ4v) is 4.46. The van der Waals surface area contributed by atoms with Gasteiger partial charge in [0.05, 0.1) is 6.42 Å². The number of amides is 1. The van der Waals surface area contributed by atoms with Gasteiger partial charge in [-0.2, -0.15) is 39.5 Å². The summed E-state index contributed by atoms with van der Waals surface area (Å²) in [6.45, 7) is 4.94. The van der Waals surface area contributed by atoms with Crippen LogP contribution in [0.25, 0.3) is 0 Å². The highest BCUT2D eigenvalue weighted by molar-refractivity contribution is 5.79. The Morgan fingerprint density at radius 2 is 1.15 bits per heavy atom. The van der Waals surface area contributed by atoms with E-state index in [0.29, 0.717) is 6.42 Å². The lowest BCUT2D eigenvalue weighted by molar-refractivity contribution is -0.193. The van der Waals surface area contributed by atoms with Crippen molar-refractivity contribution in [2.45, 2.75) is 50.8 Å². The number of hydrogen-bond donors (Lipinski definition) is 3. The van der Waals surface area contributed by atoms with Crippen molar-refractivity contribution in [3.63, 3.8) is 0 Å². The smallest absolute Gasteiger partial charge is 0.475 e. The van der Waals surface area contributed by atoms with Crippen molar-refractivity contribution >= 4 is 23.8 Å². The molecule has 0 saturated carbocycles. The monoisotopic (exact) mass is 692 g/mol. The van der Waals surface area contributed by atoms with Crippen molar-refractivity contribution in [3.8, 4) is 0 Å². The number of aromatic nitrogens is 2. The molecule has 11 nitrogen and oxygen atoms in total. The second-order valence-corrected chi connectivity index (χ2v) is 10.2. The lowest BCUT2D eigenvalue weighted by Gasteiger charge is -2.40. The number of aliphatic carboxylic acids is 3. The van der Waals surface area contributed by atoms with Crippen LogP contribution in [-0.2, 0) is 32.1 Å². The van der Waals surface area contributed by atoms with E-state index in [0.717, 1.165) is 44.7 Å². The van der Waals surface area contributed by atoms with E-state index in [9.17, 15) is 44.3 Å². The Morgan fingerprint density at radius 3 is 1.55 bits per heavy atom. The highest BCUT2D eigenvalue weighted by Crippen LogP contribution is 2.39. The summed E-state index contributed by atoms with van der Waals surface area (Å²) in [5.41, 5.74) is 2.54. The van der Waals surface area contributed by atoms with E-state index >= 15 is 0 Å². The molecule has 1 spiro atoms. The van der Waals surface area contributed by atoms with E-state index in [-0.39, 0.29) is 11.3 Å². The fourth-order valence-electron chi connectivity index (χ4n) is 4.46. The Hall–Kier alpha value is -4.49. The molecule has 4 rings (SSSR count). The van der Waals surface area contributed by atoms with Crippen molar-refractivity contribution < 1.29 is 74.0 Å². The minimum atomic E-state index is -5.08. The Morgan fingerprint density at radius 1 is 0.702 bits per heavy atom. The number of hydrogen-bond acceptors (Lipinski definition) is 7. The molecule has 47 heavy (non-hydrogen) atoms. The number of halogens is 9. The number of rotatable bonds is 4. The summed E-state index contributed by atoms with van der Waals surface area (Å²) in [5, 5.41) is 21.4. The summed E-state index contributed by atoms with van der Waals surface area (Å²) in [7, 11) is 0. The van der Waals surface area contributed by atoms with Gasteiger partial charge in [-0.05, 0) is 49.1 Å². The molecule has 2 aromatic heterocycles. The van der Waals surface area contributed by atoms with Crippen molar-refractivity contribution in [3.05, 3.63) is 60.2 Å². The SMILES string of the molecule is O=C(Cc1cccnc1)N1CCCC2(CCN(Cc3cccnc3)C2)C1.O=C(O)C(F)(F)F.O=C(O)C(F)(F)F.O=C(O)C(F)(F)F. The van der Waals surface area contributed by atoms with Gasteiger partial charge in [0.25, 0.3) is 0 Å². The van der Waals surface area contributed by atoms with Gasteiger partial charge in [0.2, 0.25) is 5.91 Å². The van der Waals surface area contributed by atoms with Crippen LogP contribution in [0.1, 0.15) is 30.4 Å². The minimum absolute atomic E-state index is 0.239. The second kappa shape index (κ2) is 17.4. The summed E-state index contributed by atoms with van der Waals surface area (Å²) in [4.78, 5) is 52.4. The molecule has 0 aromatic carbocycles. The molecule has 2 aliphatic rings. The summed E-state index contributed by atoms with van der Waals surface area (Å²) in [6.07, 6.45) is -3.94. The van der Waals surface area contributed by atoms with Gasteiger partial charge in [-0.25, -0.2) is 14.4 Å². The molecule has 262 valence electrons. The third kappa shape index (κ3) is 15.6. The predicted molar refractivity (Wildman–Crippen MR) is 141 cm³/mol. The molecule has 2 aliphatic heterocycles. The van der Waals surface area contributed by atoms with Crippen molar-refractivity contribution in [2.24, 2.45) is 5.41 Å². The van der Waals surface area contributed by atoms with Crippen LogP contribution in [-0.4, -0.2) is 104 Å². The number of carboxylic acids is 3. The second-order valence-electron chi connectivity index (χ2n) is 10.2. The average molecular weight is 693 g/mol. The maximum absolute atomic E-state index is 12.8. The minimum Gasteiger partial charge on any atom is -0.475 e. The van der Waals surface area contributed by atoms with Gasteiger partial charge in [0.15, 0.2) is 0 Å². The zero-order chi connectivity index (χ0) is 36.1. The Balaban J connectivity index is 0.000000430. The maximum Gasteiger partial charge on any atom is 0.490 e. The van der Waals surface area contributed by atoms with E-state index in [1.165, 1.54) is 18.4 Å². The molecule has 20 heteroatoms. The fraction of sp³-hybridized carbons (Fsp3) is 0.481. The van der Waals surface area contributed by atoms with Crippen LogP contribution in [0.3, 0.4) is 0 Å². The first-order chi connectivity index (χ1) is 21.6. The van der Waals surface area contributed by atoms with Crippen LogP contribution < -0.4 is 0 Å². The van der Waals surface area contributed by atoms with E-state index in [1.807, 2.05) is 30.6 Å². The summed E-state index contributed by atoms with van der Waals surface area (Å²) in [6, 6.07) is 8.02. The van der Waals surface area contributed by atoms with Crippen molar-refractivity contribution in [1.29, 1.82) is 0 Å². The number of likely N-dealkylation sites (tertiary alicyclic amines) is 2. The van der Waals surface area contributed by atoms with Crippen LogP contribution in [0.5, 0.6) is 0 Å². The van der Waals surface area contributed by atoms with Gasteiger partial charge in [0.1, 0.15) is 0 Å². The summed E-state index contributed by atoms with van der Waals surface area (Å²) in [5.74, 6) is -8.03. The lowest BCUT2D eigenvalue weighted by atomic mass is 9.79. The van der Waals surface area contributed by atoms with Crippen molar-refractivity contribution in [2.75, 3.05) is 26.2 Å². The molecule has 1 atom stereocenters. The molecular formula is C27H29F9N4O7. The molecule has 2 fully saturated rings. The van der Waals surface area contributed by atoms with Crippen LogP contribution >= 0.6 is 0 Å². The first-order valence-electron chi connectivity index (χ1n) is 13.2. The molecule has 1 amide bonds. The van der Waals surface area contributed by atoms with E-state index in [1.54, 1.807) is 12.4 Å². The lowest BCUT2D eigenvalue weighted by Crippen LogP contribution is -2.47. The molecule has 0 aliphatic carbocycles. The van der Waals surface area contributed by atoms with Crippen LogP contribution in [0.15, 0.2) is 49.1 Å². The van der Waals surface area contributed by atoms with E-state index in [2.05, 4.69) is 25.8 Å². The van der Waals surface area contributed by atoms with Crippen LogP contribution in [0.4, 0.5) is 39.5 Å². The topological polar surface area (TPSA) is 161 Å².